The standard InChI is InChI=1S/C9H18N2OS/c1-7(5-8(2)12)6-10-9(13)11(3)4/h7H,5-6H2,1-4H3,(H,10,13). The molecule has 1 unspecified atom stereocenters. The molecule has 0 aromatic carbocycles. The lowest BCUT2D eigenvalue weighted by atomic mass is 10.1. The van der Waals surface area contributed by atoms with E-state index >= 15 is 0 Å². The van der Waals surface area contributed by atoms with Crippen molar-refractivity contribution in [3.05, 3.63) is 0 Å². The average Bonchev–Trinajstić information content (AvgIpc) is 1.98. The number of carbonyl (C=O) groups excluding carboxylic acids is 1. The number of carbonyl (C=O) groups is 1. The summed E-state index contributed by atoms with van der Waals surface area (Å²) in [7, 11) is 3.79. The fourth-order valence-corrected chi connectivity index (χ4v) is 1.07. The summed E-state index contributed by atoms with van der Waals surface area (Å²) < 4.78 is 0. The van der Waals surface area contributed by atoms with E-state index in [1.807, 2.05) is 25.9 Å². The SMILES string of the molecule is CC(=O)CC(C)CNC(=S)N(C)C. The summed E-state index contributed by atoms with van der Waals surface area (Å²) in [6.45, 7) is 4.41. The maximum Gasteiger partial charge on any atom is 0.168 e. The Balaban J connectivity index is 3.63. The van der Waals surface area contributed by atoms with Crippen LogP contribution in [0.15, 0.2) is 0 Å². The molecule has 0 bridgehead atoms. The summed E-state index contributed by atoms with van der Waals surface area (Å²) >= 11 is 5.04. The van der Waals surface area contributed by atoms with Crippen LogP contribution in [0.4, 0.5) is 0 Å². The van der Waals surface area contributed by atoms with E-state index < -0.39 is 0 Å². The average molecular weight is 202 g/mol. The highest BCUT2D eigenvalue weighted by molar-refractivity contribution is 7.80. The molecule has 3 nitrogen and oxygen atoms in total. The highest BCUT2D eigenvalue weighted by Crippen LogP contribution is 2.00. The number of thiocarbonyl (C=S) groups is 1. The summed E-state index contributed by atoms with van der Waals surface area (Å²) in [6.07, 6.45) is 0.614. The third-order valence-electron chi connectivity index (χ3n) is 1.64. The van der Waals surface area contributed by atoms with Crippen LogP contribution in [-0.2, 0) is 4.79 Å². The lowest BCUT2D eigenvalue weighted by molar-refractivity contribution is -0.117. The predicted molar refractivity (Wildman–Crippen MR) is 58.7 cm³/mol. The smallest absolute Gasteiger partial charge is 0.168 e. The first-order chi connectivity index (χ1) is 5.93. The van der Waals surface area contributed by atoms with Crippen LogP contribution in [0.1, 0.15) is 20.3 Å². The van der Waals surface area contributed by atoms with Gasteiger partial charge in [-0.2, -0.15) is 0 Å². The van der Waals surface area contributed by atoms with Gasteiger partial charge in [0.05, 0.1) is 0 Å². The molecule has 0 aliphatic heterocycles. The minimum Gasteiger partial charge on any atom is -0.362 e. The van der Waals surface area contributed by atoms with Crippen LogP contribution in [0.2, 0.25) is 0 Å². The van der Waals surface area contributed by atoms with Crippen molar-refractivity contribution in [2.75, 3.05) is 20.6 Å². The second kappa shape index (κ2) is 5.91. The molecule has 0 saturated heterocycles. The molecule has 0 spiro atoms. The number of nitrogens with zero attached hydrogens (tertiary/aromatic N) is 1. The van der Waals surface area contributed by atoms with E-state index in [0.29, 0.717) is 12.3 Å². The van der Waals surface area contributed by atoms with Crippen molar-refractivity contribution < 1.29 is 4.79 Å². The zero-order valence-electron chi connectivity index (χ0n) is 8.76. The van der Waals surface area contributed by atoms with E-state index in [-0.39, 0.29) is 5.78 Å². The monoisotopic (exact) mass is 202 g/mol. The fraction of sp³-hybridized carbons (Fsp3) is 0.778. The van der Waals surface area contributed by atoms with Crippen molar-refractivity contribution in [1.82, 2.24) is 10.2 Å². The highest BCUT2D eigenvalue weighted by atomic mass is 32.1. The summed E-state index contributed by atoms with van der Waals surface area (Å²) in [5, 5.41) is 3.81. The molecule has 0 amide bonds. The molecule has 0 fully saturated rings. The van der Waals surface area contributed by atoms with Crippen molar-refractivity contribution in [3.8, 4) is 0 Å². The number of nitrogens with one attached hydrogen (secondary N) is 1. The largest absolute Gasteiger partial charge is 0.362 e. The molecule has 0 rings (SSSR count). The molecular formula is C9H18N2OS. The Kier molecular flexibility index (Phi) is 5.62. The van der Waals surface area contributed by atoms with Gasteiger partial charge in [-0.3, -0.25) is 0 Å². The normalized spacial score (nSPS) is 12.0. The van der Waals surface area contributed by atoms with Gasteiger partial charge in [-0.05, 0) is 25.1 Å². The number of rotatable bonds is 4. The van der Waals surface area contributed by atoms with Crippen molar-refractivity contribution in [1.29, 1.82) is 0 Å². The van der Waals surface area contributed by atoms with E-state index in [0.717, 1.165) is 11.7 Å². The zero-order chi connectivity index (χ0) is 10.4. The quantitative estimate of drug-likeness (QED) is 0.690. The topological polar surface area (TPSA) is 32.3 Å². The molecule has 0 heterocycles. The molecule has 0 aromatic heterocycles. The van der Waals surface area contributed by atoms with Crippen LogP contribution in [0.3, 0.4) is 0 Å². The molecule has 0 saturated carbocycles. The van der Waals surface area contributed by atoms with Crippen LogP contribution in [0.5, 0.6) is 0 Å². The van der Waals surface area contributed by atoms with Crippen LogP contribution in [-0.4, -0.2) is 36.4 Å². The van der Waals surface area contributed by atoms with E-state index in [1.54, 1.807) is 6.92 Å². The molecule has 0 aliphatic carbocycles. The summed E-state index contributed by atoms with van der Waals surface area (Å²) in [5.74, 6) is 0.570. The van der Waals surface area contributed by atoms with Crippen molar-refractivity contribution in [2.45, 2.75) is 20.3 Å². The van der Waals surface area contributed by atoms with Gasteiger partial charge in [-0.1, -0.05) is 6.92 Å². The summed E-state index contributed by atoms with van der Waals surface area (Å²) in [6, 6.07) is 0. The first kappa shape index (κ1) is 12.4. The van der Waals surface area contributed by atoms with Gasteiger partial charge in [0.2, 0.25) is 0 Å². The van der Waals surface area contributed by atoms with E-state index in [1.165, 1.54) is 0 Å². The van der Waals surface area contributed by atoms with Crippen LogP contribution < -0.4 is 5.32 Å². The lowest BCUT2D eigenvalue weighted by Gasteiger charge is -2.17. The van der Waals surface area contributed by atoms with E-state index in [9.17, 15) is 4.79 Å². The second-order valence-electron chi connectivity index (χ2n) is 3.59. The minimum absolute atomic E-state index is 0.227. The third kappa shape index (κ3) is 6.51. The van der Waals surface area contributed by atoms with Crippen LogP contribution in [0.25, 0.3) is 0 Å². The minimum atomic E-state index is 0.227. The molecule has 0 radical (unpaired) electrons. The molecule has 0 aromatic rings. The molecule has 1 atom stereocenters. The maximum absolute atomic E-state index is 10.8. The van der Waals surface area contributed by atoms with Gasteiger partial charge in [0.15, 0.2) is 5.11 Å². The molecule has 1 N–H and O–H groups in total. The predicted octanol–water partition coefficient (Wildman–Crippen LogP) is 1.04. The first-order valence-electron chi connectivity index (χ1n) is 4.38. The third-order valence-corrected chi connectivity index (χ3v) is 2.15. The number of hydrogen-bond acceptors (Lipinski definition) is 2. The highest BCUT2D eigenvalue weighted by Gasteiger charge is 2.06. The summed E-state index contributed by atoms with van der Waals surface area (Å²) in [5.41, 5.74) is 0. The van der Waals surface area contributed by atoms with Crippen LogP contribution in [0, 0.1) is 5.92 Å². The van der Waals surface area contributed by atoms with E-state index in [2.05, 4.69) is 5.32 Å². The Bertz CT molecular complexity index is 192. The van der Waals surface area contributed by atoms with Crippen molar-refractivity contribution >= 4 is 23.1 Å². The summed E-state index contributed by atoms with van der Waals surface area (Å²) in [4.78, 5) is 12.6. The Morgan fingerprint density at radius 1 is 1.54 bits per heavy atom. The Morgan fingerprint density at radius 2 is 2.08 bits per heavy atom. The molecule has 4 heteroatoms. The van der Waals surface area contributed by atoms with Crippen LogP contribution >= 0.6 is 12.2 Å². The van der Waals surface area contributed by atoms with Crippen molar-refractivity contribution in [2.24, 2.45) is 5.92 Å². The number of Topliss-reactive ketones (excluding diaryl/α,β-unsaturated/α-hetero) is 1. The fourth-order valence-electron chi connectivity index (χ4n) is 0.983. The number of hydrogen-bond donors (Lipinski definition) is 1. The van der Waals surface area contributed by atoms with Crippen molar-refractivity contribution in [3.63, 3.8) is 0 Å². The van der Waals surface area contributed by atoms with Gasteiger partial charge < -0.3 is 15.0 Å². The Morgan fingerprint density at radius 3 is 2.46 bits per heavy atom. The van der Waals surface area contributed by atoms with E-state index in [4.69, 9.17) is 12.2 Å². The maximum atomic E-state index is 10.8. The molecule has 0 aliphatic rings. The van der Waals surface area contributed by atoms with Gasteiger partial charge in [0, 0.05) is 27.1 Å². The second-order valence-corrected chi connectivity index (χ2v) is 3.98. The van der Waals surface area contributed by atoms with Gasteiger partial charge in [0.25, 0.3) is 0 Å². The van der Waals surface area contributed by atoms with Gasteiger partial charge in [-0.15, -0.1) is 0 Å². The lowest BCUT2D eigenvalue weighted by Crippen LogP contribution is -2.36. The van der Waals surface area contributed by atoms with Gasteiger partial charge >= 0.3 is 0 Å². The van der Waals surface area contributed by atoms with Gasteiger partial charge in [-0.25, -0.2) is 0 Å². The Labute approximate surface area is 85.5 Å². The molecular weight excluding hydrogens is 184 g/mol. The Hall–Kier alpha value is -0.640. The molecule has 13 heavy (non-hydrogen) atoms. The first-order valence-corrected chi connectivity index (χ1v) is 4.79. The zero-order valence-corrected chi connectivity index (χ0v) is 9.57. The molecule has 76 valence electrons. The van der Waals surface area contributed by atoms with Gasteiger partial charge in [0.1, 0.15) is 5.78 Å². The number of ketones is 1.